The molecule has 5 heteroatoms. The molecule has 13 heavy (non-hydrogen) atoms. The van der Waals surface area contributed by atoms with Crippen LogP contribution in [0.25, 0.3) is 0 Å². The van der Waals surface area contributed by atoms with Gasteiger partial charge in [0.2, 0.25) is 0 Å². The van der Waals surface area contributed by atoms with Crippen molar-refractivity contribution in [3.8, 4) is 0 Å². The van der Waals surface area contributed by atoms with Gasteiger partial charge in [-0.05, 0) is 6.42 Å². The third-order valence-electron chi connectivity index (χ3n) is 2.16. The second-order valence-electron chi connectivity index (χ2n) is 3.17. The molecule has 4 nitrogen and oxygen atoms in total. The molecule has 2 heterocycles. The molecular formula is C8H11ClN4. The van der Waals surface area contributed by atoms with Gasteiger partial charge in [0.1, 0.15) is 0 Å². The van der Waals surface area contributed by atoms with Crippen molar-refractivity contribution >= 4 is 17.4 Å². The molecule has 1 unspecified atom stereocenters. The van der Waals surface area contributed by atoms with E-state index in [0.717, 1.165) is 25.3 Å². The van der Waals surface area contributed by atoms with Crippen LogP contribution in [0.3, 0.4) is 0 Å². The molecule has 0 saturated carbocycles. The van der Waals surface area contributed by atoms with Gasteiger partial charge in [-0.3, -0.25) is 0 Å². The van der Waals surface area contributed by atoms with Gasteiger partial charge >= 0.3 is 0 Å². The van der Waals surface area contributed by atoms with Gasteiger partial charge in [-0.2, -0.15) is 0 Å². The van der Waals surface area contributed by atoms with Gasteiger partial charge in [-0.1, -0.05) is 11.6 Å². The number of nitrogens with zero attached hydrogens (tertiary/aromatic N) is 3. The van der Waals surface area contributed by atoms with E-state index in [-0.39, 0.29) is 6.04 Å². The number of nitrogens with two attached hydrogens (primary N) is 1. The lowest BCUT2D eigenvalue weighted by molar-refractivity contribution is 0.751. The van der Waals surface area contributed by atoms with Crippen LogP contribution in [-0.4, -0.2) is 29.1 Å². The third-order valence-corrected chi connectivity index (χ3v) is 2.43. The van der Waals surface area contributed by atoms with Gasteiger partial charge in [0, 0.05) is 31.5 Å². The number of hydrogen-bond acceptors (Lipinski definition) is 4. The number of rotatable bonds is 1. The maximum Gasteiger partial charge on any atom is 0.171 e. The summed E-state index contributed by atoms with van der Waals surface area (Å²) < 4.78 is 0. The zero-order chi connectivity index (χ0) is 9.26. The molecule has 0 aliphatic carbocycles. The molecular weight excluding hydrogens is 188 g/mol. The van der Waals surface area contributed by atoms with E-state index in [1.807, 2.05) is 0 Å². The maximum atomic E-state index is 5.90. The molecule has 70 valence electrons. The second kappa shape index (κ2) is 3.47. The third kappa shape index (κ3) is 1.73. The second-order valence-corrected chi connectivity index (χ2v) is 3.52. The van der Waals surface area contributed by atoms with Crippen molar-refractivity contribution in [3.05, 3.63) is 17.5 Å². The van der Waals surface area contributed by atoms with E-state index in [2.05, 4.69) is 14.9 Å². The highest BCUT2D eigenvalue weighted by atomic mass is 35.5. The van der Waals surface area contributed by atoms with Crippen LogP contribution in [0.5, 0.6) is 0 Å². The molecule has 1 saturated heterocycles. The molecule has 2 rings (SSSR count). The van der Waals surface area contributed by atoms with Crippen molar-refractivity contribution in [2.24, 2.45) is 5.73 Å². The van der Waals surface area contributed by atoms with Gasteiger partial charge in [0.05, 0.1) is 0 Å². The Balaban J connectivity index is 2.21. The van der Waals surface area contributed by atoms with E-state index in [4.69, 9.17) is 17.3 Å². The molecule has 0 aromatic carbocycles. The Kier molecular flexibility index (Phi) is 2.33. The fraction of sp³-hybridized carbons (Fsp3) is 0.500. The summed E-state index contributed by atoms with van der Waals surface area (Å²) in [6, 6.07) is 0.234. The summed E-state index contributed by atoms with van der Waals surface area (Å²) in [7, 11) is 0. The topological polar surface area (TPSA) is 55.0 Å². The fourth-order valence-electron chi connectivity index (χ4n) is 1.51. The van der Waals surface area contributed by atoms with E-state index < -0.39 is 0 Å². The first-order valence-electron chi connectivity index (χ1n) is 4.24. The average molecular weight is 199 g/mol. The first-order chi connectivity index (χ1) is 6.27. The Morgan fingerprint density at radius 2 is 2.23 bits per heavy atom. The fourth-order valence-corrected chi connectivity index (χ4v) is 1.73. The number of halogens is 1. The average Bonchev–Trinajstić information content (AvgIpc) is 2.53. The minimum atomic E-state index is 0.234. The van der Waals surface area contributed by atoms with Gasteiger partial charge < -0.3 is 10.6 Å². The maximum absolute atomic E-state index is 5.90. The van der Waals surface area contributed by atoms with Crippen LogP contribution >= 0.6 is 11.6 Å². The Morgan fingerprint density at radius 3 is 2.85 bits per heavy atom. The van der Waals surface area contributed by atoms with Crippen LogP contribution in [-0.2, 0) is 0 Å². The summed E-state index contributed by atoms with van der Waals surface area (Å²) in [5.74, 6) is 0.747. The lowest BCUT2D eigenvalue weighted by Gasteiger charge is -2.16. The van der Waals surface area contributed by atoms with E-state index in [9.17, 15) is 0 Å². The van der Waals surface area contributed by atoms with Crippen molar-refractivity contribution in [3.63, 3.8) is 0 Å². The molecule has 1 aliphatic rings. The smallest absolute Gasteiger partial charge is 0.171 e. The van der Waals surface area contributed by atoms with Crippen LogP contribution < -0.4 is 10.6 Å². The van der Waals surface area contributed by atoms with Gasteiger partial charge in [-0.15, -0.1) is 0 Å². The van der Waals surface area contributed by atoms with E-state index in [1.54, 1.807) is 12.4 Å². The summed E-state index contributed by atoms with van der Waals surface area (Å²) in [6.07, 6.45) is 4.22. The molecule has 0 spiro atoms. The van der Waals surface area contributed by atoms with E-state index >= 15 is 0 Å². The lowest BCUT2D eigenvalue weighted by atomic mass is 10.3. The van der Waals surface area contributed by atoms with Crippen molar-refractivity contribution in [1.29, 1.82) is 0 Å². The molecule has 0 bridgehead atoms. The van der Waals surface area contributed by atoms with Crippen LogP contribution in [0.2, 0.25) is 5.15 Å². The zero-order valence-corrected chi connectivity index (χ0v) is 7.91. The summed E-state index contributed by atoms with van der Waals surface area (Å²) in [5.41, 5.74) is 5.78. The predicted molar refractivity (Wildman–Crippen MR) is 51.8 cm³/mol. The Morgan fingerprint density at radius 1 is 1.46 bits per heavy atom. The van der Waals surface area contributed by atoms with Crippen LogP contribution in [0.1, 0.15) is 6.42 Å². The highest BCUT2D eigenvalue weighted by Crippen LogP contribution is 2.23. The van der Waals surface area contributed by atoms with E-state index in [1.165, 1.54) is 0 Å². The highest BCUT2D eigenvalue weighted by Gasteiger charge is 2.22. The largest absolute Gasteiger partial charge is 0.352 e. The lowest BCUT2D eigenvalue weighted by Crippen LogP contribution is -2.27. The zero-order valence-electron chi connectivity index (χ0n) is 7.15. The normalized spacial score (nSPS) is 22.3. The standard InChI is InChI=1S/C8H11ClN4/c9-7-8(12-3-2-11-7)13-4-1-6(10)5-13/h2-3,6H,1,4-5,10H2. The minimum absolute atomic E-state index is 0.234. The molecule has 1 atom stereocenters. The summed E-state index contributed by atoms with van der Waals surface area (Å²) in [5, 5.41) is 0.455. The SMILES string of the molecule is NC1CCN(c2nccnc2Cl)C1. The van der Waals surface area contributed by atoms with Crippen LogP contribution in [0.15, 0.2) is 12.4 Å². The minimum Gasteiger partial charge on any atom is -0.352 e. The highest BCUT2D eigenvalue weighted by molar-refractivity contribution is 6.31. The Labute approximate surface area is 81.7 Å². The summed E-state index contributed by atoms with van der Waals surface area (Å²) >= 11 is 5.90. The van der Waals surface area contributed by atoms with Gasteiger partial charge in [-0.25, -0.2) is 9.97 Å². The first-order valence-corrected chi connectivity index (χ1v) is 4.62. The van der Waals surface area contributed by atoms with Crippen molar-refractivity contribution < 1.29 is 0 Å². The molecule has 0 radical (unpaired) electrons. The molecule has 1 aliphatic heterocycles. The molecule has 1 aromatic heterocycles. The van der Waals surface area contributed by atoms with Gasteiger partial charge in [0.15, 0.2) is 11.0 Å². The Bertz CT molecular complexity index is 304. The van der Waals surface area contributed by atoms with Crippen molar-refractivity contribution in [2.75, 3.05) is 18.0 Å². The van der Waals surface area contributed by atoms with Crippen molar-refractivity contribution in [1.82, 2.24) is 9.97 Å². The molecule has 0 amide bonds. The van der Waals surface area contributed by atoms with Crippen molar-refractivity contribution in [2.45, 2.75) is 12.5 Å². The quantitative estimate of drug-likeness (QED) is 0.721. The van der Waals surface area contributed by atoms with Gasteiger partial charge in [0.25, 0.3) is 0 Å². The number of hydrogen-bond donors (Lipinski definition) is 1. The van der Waals surface area contributed by atoms with Crippen LogP contribution in [0.4, 0.5) is 5.82 Å². The molecule has 1 fully saturated rings. The first kappa shape index (κ1) is 8.72. The summed E-state index contributed by atoms with van der Waals surface area (Å²) in [4.78, 5) is 10.2. The monoisotopic (exact) mass is 198 g/mol. The molecule has 2 N–H and O–H groups in total. The number of anilines is 1. The van der Waals surface area contributed by atoms with Crippen LogP contribution in [0, 0.1) is 0 Å². The molecule has 1 aromatic rings. The van der Waals surface area contributed by atoms with E-state index in [0.29, 0.717) is 5.15 Å². The summed E-state index contributed by atoms with van der Waals surface area (Å²) in [6.45, 7) is 1.73. The number of aromatic nitrogens is 2. The predicted octanol–water partition coefficient (Wildman–Crippen LogP) is 0.667. The Hall–Kier alpha value is -0.870.